The Morgan fingerprint density at radius 3 is 1.77 bits per heavy atom. The van der Waals surface area contributed by atoms with Crippen molar-refractivity contribution in [3.8, 4) is 0 Å². The van der Waals surface area contributed by atoms with Crippen molar-refractivity contribution < 1.29 is 4.42 Å². The number of nitrogens with zero attached hydrogens (tertiary/aromatic N) is 2. The number of benzene rings is 6. The molecule has 314 valence electrons. The minimum atomic E-state index is -0.0495. The third-order valence-electron chi connectivity index (χ3n) is 15.9. The third kappa shape index (κ3) is 5.43. The van der Waals surface area contributed by atoms with Gasteiger partial charge in [-0.25, -0.2) is 0 Å². The second-order valence-corrected chi connectivity index (χ2v) is 23.4. The molecule has 0 bridgehead atoms. The Hall–Kier alpha value is -5.22. The summed E-state index contributed by atoms with van der Waals surface area (Å²) in [7, 11) is 0. The minimum Gasteiger partial charge on any atom is -0.457 e. The lowest BCUT2D eigenvalue weighted by Gasteiger charge is -2.46. The van der Waals surface area contributed by atoms with Gasteiger partial charge in [-0.15, -0.1) is 0 Å². The van der Waals surface area contributed by atoms with E-state index in [-0.39, 0.29) is 33.8 Å². The number of hydrogen-bond donors (Lipinski definition) is 0. The number of aryl methyl sites for hydroxylation is 3. The lowest BCUT2D eigenvalue weighted by Crippen LogP contribution is -2.62. The lowest BCUT2D eigenvalue weighted by molar-refractivity contribution is 0.332. The second-order valence-electron chi connectivity index (χ2n) is 23.4. The highest BCUT2D eigenvalue weighted by Gasteiger charge is 2.50. The summed E-state index contributed by atoms with van der Waals surface area (Å²) in [4.78, 5) is 5.26. The van der Waals surface area contributed by atoms with E-state index < -0.39 is 0 Å². The molecule has 7 aromatic rings. The van der Waals surface area contributed by atoms with E-state index in [4.69, 9.17) is 4.42 Å². The van der Waals surface area contributed by atoms with Crippen LogP contribution in [-0.4, -0.2) is 6.71 Å². The fourth-order valence-corrected chi connectivity index (χ4v) is 12.7. The molecule has 62 heavy (non-hydrogen) atoms. The molecular weight excluding hydrogens is 751 g/mol. The smallest absolute Gasteiger partial charge is 0.257 e. The molecule has 11 rings (SSSR count). The first-order valence-corrected chi connectivity index (χ1v) is 23.2. The molecule has 0 amide bonds. The number of anilines is 6. The Bertz CT molecular complexity index is 3090. The van der Waals surface area contributed by atoms with E-state index in [2.05, 4.69) is 198 Å². The number of fused-ring (bicyclic) bond motifs is 10. The SMILES string of the molecule is Cc1cc2c3c(c1)N(c1ccccc1C)c1ccc4c(oc5ccc(C(C)(C)C)cc54)c1B3c1cc3c(cc1N2c1cc2c(cc1C)C(C)(C)CCC2(C)C)C(C)(C)CC3(C)C. The quantitative estimate of drug-likeness (QED) is 0.162. The summed E-state index contributed by atoms with van der Waals surface area (Å²) in [5, 5.41) is 2.38. The average Bonchev–Trinajstić information content (AvgIpc) is 3.65. The zero-order chi connectivity index (χ0) is 43.8. The zero-order valence-electron chi connectivity index (χ0n) is 39.7. The van der Waals surface area contributed by atoms with Crippen LogP contribution in [0.3, 0.4) is 0 Å². The molecule has 0 radical (unpaired) electrons. The predicted octanol–water partition coefficient (Wildman–Crippen LogP) is 14.2. The predicted molar refractivity (Wildman–Crippen MR) is 267 cm³/mol. The molecular formula is C58H63BN2O. The Labute approximate surface area is 370 Å². The van der Waals surface area contributed by atoms with Crippen molar-refractivity contribution in [3.63, 3.8) is 0 Å². The summed E-state index contributed by atoms with van der Waals surface area (Å²) in [6.07, 6.45) is 3.49. The van der Waals surface area contributed by atoms with Crippen molar-refractivity contribution in [1.29, 1.82) is 0 Å². The average molecular weight is 815 g/mol. The van der Waals surface area contributed by atoms with Crippen molar-refractivity contribution >= 4 is 79.2 Å². The van der Waals surface area contributed by atoms with Crippen LogP contribution in [0.5, 0.6) is 0 Å². The van der Waals surface area contributed by atoms with Gasteiger partial charge in [0.1, 0.15) is 11.2 Å². The maximum Gasteiger partial charge on any atom is 0.257 e. The van der Waals surface area contributed by atoms with Crippen LogP contribution in [0, 0.1) is 20.8 Å². The molecule has 3 heterocycles. The maximum atomic E-state index is 7.24. The molecule has 0 unspecified atom stereocenters. The molecule has 0 fully saturated rings. The van der Waals surface area contributed by atoms with Gasteiger partial charge in [0.2, 0.25) is 0 Å². The van der Waals surface area contributed by atoms with Gasteiger partial charge in [0, 0.05) is 44.9 Å². The van der Waals surface area contributed by atoms with Gasteiger partial charge in [-0.3, -0.25) is 0 Å². The first-order valence-electron chi connectivity index (χ1n) is 23.2. The summed E-state index contributed by atoms with van der Waals surface area (Å²) in [6.45, 7) is 33.5. The van der Waals surface area contributed by atoms with Crippen molar-refractivity contribution in [1.82, 2.24) is 0 Å². The molecule has 3 nitrogen and oxygen atoms in total. The molecule has 6 aromatic carbocycles. The number of furan rings is 1. The number of rotatable bonds is 2. The van der Waals surface area contributed by atoms with Gasteiger partial charge in [0.25, 0.3) is 6.71 Å². The van der Waals surface area contributed by atoms with Gasteiger partial charge in [-0.1, -0.05) is 113 Å². The highest BCUT2D eigenvalue weighted by atomic mass is 16.3. The van der Waals surface area contributed by atoms with E-state index in [0.717, 1.165) is 17.6 Å². The summed E-state index contributed by atoms with van der Waals surface area (Å²) in [6, 6.07) is 35.9. The van der Waals surface area contributed by atoms with E-state index in [1.54, 1.807) is 0 Å². The van der Waals surface area contributed by atoms with Crippen LogP contribution in [0.4, 0.5) is 34.1 Å². The van der Waals surface area contributed by atoms with Crippen molar-refractivity contribution in [2.45, 2.75) is 143 Å². The summed E-state index contributed by atoms with van der Waals surface area (Å²) < 4.78 is 7.24. The summed E-state index contributed by atoms with van der Waals surface area (Å²) >= 11 is 0. The fourth-order valence-electron chi connectivity index (χ4n) is 12.7. The van der Waals surface area contributed by atoms with Gasteiger partial charge in [-0.2, -0.15) is 0 Å². The van der Waals surface area contributed by atoms with Crippen molar-refractivity contribution in [3.05, 3.63) is 136 Å². The summed E-state index contributed by atoms with van der Waals surface area (Å²) in [5.74, 6) is 0. The standard InChI is InChI=1S/C58H63BN2O/c1-33-25-48-51-49(26-33)61(46-30-41-39(27-35(46)3)55(7,8)23-24-56(41,9)10)47-31-42-40(57(11,12)32-58(42,13)14)29-43(47)59(51)52-45(60(48)44-18-16-15-17-34(44)2)21-20-37-38-28-36(54(4,5)6)19-22-50(38)62-53(37)52/h15-22,25-31H,23-24,32H2,1-14H3. The van der Waals surface area contributed by atoms with Gasteiger partial charge in [0.05, 0.1) is 0 Å². The minimum absolute atomic E-state index is 0.0197. The Morgan fingerprint density at radius 1 is 0.516 bits per heavy atom. The first kappa shape index (κ1) is 39.6. The van der Waals surface area contributed by atoms with Gasteiger partial charge in [0.15, 0.2) is 0 Å². The van der Waals surface area contributed by atoms with Crippen LogP contribution in [0.15, 0.2) is 95.4 Å². The third-order valence-corrected chi connectivity index (χ3v) is 15.9. The highest BCUT2D eigenvalue weighted by molar-refractivity contribution is 7.01. The topological polar surface area (TPSA) is 19.6 Å². The van der Waals surface area contributed by atoms with Crippen molar-refractivity contribution in [2.24, 2.45) is 0 Å². The monoisotopic (exact) mass is 815 g/mol. The lowest BCUT2D eigenvalue weighted by atomic mass is 9.33. The maximum absolute atomic E-state index is 7.24. The first-order chi connectivity index (χ1) is 29.1. The number of para-hydroxylation sites is 1. The molecule has 1 aromatic heterocycles. The molecule has 0 saturated carbocycles. The van der Waals surface area contributed by atoms with Crippen LogP contribution in [0.2, 0.25) is 0 Å². The molecule has 0 spiro atoms. The molecule has 4 heteroatoms. The van der Waals surface area contributed by atoms with Gasteiger partial charge in [-0.05, 0) is 183 Å². The van der Waals surface area contributed by atoms with E-state index in [1.807, 2.05) is 0 Å². The zero-order valence-corrected chi connectivity index (χ0v) is 39.7. The van der Waals surface area contributed by atoms with Crippen molar-refractivity contribution in [2.75, 3.05) is 9.80 Å². The Kier molecular flexibility index (Phi) is 7.98. The second kappa shape index (κ2) is 12.5. The molecule has 0 atom stereocenters. The Balaban J connectivity index is 1.30. The normalized spacial score (nSPS) is 18.7. The molecule has 2 aliphatic carbocycles. The largest absolute Gasteiger partial charge is 0.457 e. The van der Waals surface area contributed by atoms with E-state index >= 15 is 0 Å². The van der Waals surface area contributed by atoms with Crippen LogP contribution in [0.1, 0.15) is 140 Å². The highest BCUT2D eigenvalue weighted by Crippen LogP contribution is 2.55. The van der Waals surface area contributed by atoms with E-state index in [9.17, 15) is 0 Å². The van der Waals surface area contributed by atoms with Gasteiger partial charge < -0.3 is 14.2 Å². The summed E-state index contributed by atoms with van der Waals surface area (Å²) in [5.41, 5.74) is 24.9. The Morgan fingerprint density at radius 2 is 1.11 bits per heavy atom. The van der Waals surface area contributed by atoms with Crippen LogP contribution >= 0.6 is 0 Å². The molecule has 0 N–H and O–H groups in total. The van der Waals surface area contributed by atoms with Gasteiger partial charge >= 0.3 is 0 Å². The number of hydrogen-bond acceptors (Lipinski definition) is 3. The van der Waals surface area contributed by atoms with Crippen LogP contribution < -0.4 is 26.2 Å². The van der Waals surface area contributed by atoms with Crippen LogP contribution in [-0.2, 0) is 27.1 Å². The van der Waals surface area contributed by atoms with E-state index in [0.29, 0.717) is 0 Å². The molecule has 2 aliphatic heterocycles. The molecule has 0 saturated heterocycles. The fraction of sp³-hybridized carbons (Fsp3) is 0.379. The van der Waals surface area contributed by atoms with Crippen LogP contribution in [0.25, 0.3) is 21.9 Å². The van der Waals surface area contributed by atoms with E-state index in [1.165, 1.54) is 119 Å². The molecule has 4 aliphatic rings.